The zero-order valence-electron chi connectivity index (χ0n) is 9.16. The number of hydrogen-bond acceptors (Lipinski definition) is 4. The Morgan fingerprint density at radius 2 is 2.12 bits per heavy atom. The van der Waals surface area contributed by atoms with Crippen molar-refractivity contribution < 1.29 is 19.5 Å². The van der Waals surface area contributed by atoms with Crippen LogP contribution in [0.4, 0.5) is 0 Å². The molecular formula is C9H12N4O4. The summed E-state index contributed by atoms with van der Waals surface area (Å²) in [4.78, 5) is 33.9. The van der Waals surface area contributed by atoms with Crippen LogP contribution in [0, 0.1) is 0 Å². The zero-order chi connectivity index (χ0) is 13.0. The van der Waals surface area contributed by atoms with Gasteiger partial charge in [-0.2, -0.15) is 5.10 Å². The predicted molar refractivity (Wildman–Crippen MR) is 55.9 cm³/mol. The quantitative estimate of drug-likeness (QED) is 0.644. The molecule has 0 atom stereocenters. The van der Waals surface area contributed by atoms with Gasteiger partial charge in [0, 0.05) is 13.2 Å². The third-order valence-electron chi connectivity index (χ3n) is 1.89. The van der Waals surface area contributed by atoms with E-state index in [-0.39, 0.29) is 5.69 Å². The Morgan fingerprint density at radius 3 is 2.53 bits per heavy atom. The molecule has 1 aromatic heterocycles. The summed E-state index contributed by atoms with van der Waals surface area (Å²) in [5, 5.41) is 12.5. The van der Waals surface area contributed by atoms with E-state index in [0.717, 1.165) is 4.90 Å². The zero-order valence-corrected chi connectivity index (χ0v) is 9.16. The lowest BCUT2D eigenvalue weighted by molar-refractivity contribution is -0.138. The van der Waals surface area contributed by atoms with Gasteiger partial charge in [-0.3, -0.25) is 19.1 Å². The van der Waals surface area contributed by atoms with Crippen molar-refractivity contribution in [3.8, 4) is 0 Å². The van der Waals surface area contributed by atoms with Crippen LogP contribution in [0.1, 0.15) is 10.5 Å². The van der Waals surface area contributed by atoms with Gasteiger partial charge in [0.05, 0.1) is 0 Å². The summed E-state index contributed by atoms with van der Waals surface area (Å²) in [6.45, 7) is -1.06. The van der Waals surface area contributed by atoms with Gasteiger partial charge in [-0.1, -0.05) is 0 Å². The lowest BCUT2D eigenvalue weighted by atomic mass is 10.3. The monoisotopic (exact) mass is 240 g/mol. The van der Waals surface area contributed by atoms with E-state index >= 15 is 0 Å². The maximum Gasteiger partial charge on any atom is 0.323 e. The van der Waals surface area contributed by atoms with E-state index in [1.165, 1.54) is 16.9 Å². The highest BCUT2D eigenvalue weighted by atomic mass is 16.4. The molecule has 0 spiro atoms. The van der Waals surface area contributed by atoms with Crippen LogP contribution >= 0.6 is 0 Å². The molecule has 2 amide bonds. The molecule has 0 saturated heterocycles. The number of aromatic nitrogens is 2. The molecule has 0 fully saturated rings. The second-order valence-corrected chi connectivity index (χ2v) is 3.40. The van der Waals surface area contributed by atoms with Gasteiger partial charge in [-0.25, -0.2) is 0 Å². The van der Waals surface area contributed by atoms with E-state index in [1.54, 1.807) is 7.05 Å². The number of amides is 2. The second kappa shape index (κ2) is 5.10. The molecule has 8 heteroatoms. The minimum atomic E-state index is -1.23. The number of nitrogens with zero attached hydrogens (tertiary/aromatic N) is 3. The number of carbonyl (C=O) groups is 3. The van der Waals surface area contributed by atoms with Crippen LogP contribution in [0.2, 0.25) is 0 Å². The predicted octanol–water partition coefficient (Wildman–Crippen LogP) is -1.57. The number of aryl methyl sites for hydroxylation is 1. The van der Waals surface area contributed by atoms with E-state index in [2.05, 4.69) is 5.10 Å². The molecule has 0 aliphatic rings. The van der Waals surface area contributed by atoms with Crippen LogP contribution < -0.4 is 5.73 Å². The number of primary amides is 1. The van der Waals surface area contributed by atoms with Gasteiger partial charge < -0.3 is 15.7 Å². The van der Waals surface area contributed by atoms with Gasteiger partial charge in [0.25, 0.3) is 5.91 Å². The second-order valence-electron chi connectivity index (χ2n) is 3.40. The molecular weight excluding hydrogens is 228 g/mol. The van der Waals surface area contributed by atoms with E-state index in [4.69, 9.17) is 10.8 Å². The van der Waals surface area contributed by atoms with E-state index in [9.17, 15) is 14.4 Å². The summed E-state index contributed by atoms with van der Waals surface area (Å²) in [5.41, 5.74) is 5.00. The molecule has 1 rings (SSSR count). The first kappa shape index (κ1) is 12.7. The van der Waals surface area contributed by atoms with E-state index in [0.29, 0.717) is 0 Å². The number of aliphatic carboxylic acids is 1. The third kappa shape index (κ3) is 3.59. The topological polar surface area (TPSA) is 119 Å². The van der Waals surface area contributed by atoms with Crippen molar-refractivity contribution in [1.82, 2.24) is 14.7 Å². The number of rotatable bonds is 5. The van der Waals surface area contributed by atoms with Crippen molar-refractivity contribution in [2.24, 2.45) is 12.8 Å². The average molecular weight is 240 g/mol. The molecule has 1 aromatic rings. The van der Waals surface area contributed by atoms with Gasteiger partial charge in [0.15, 0.2) is 0 Å². The van der Waals surface area contributed by atoms with Gasteiger partial charge in [-0.05, 0) is 6.07 Å². The molecule has 0 aromatic carbocycles. The summed E-state index contributed by atoms with van der Waals surface area (Å²) in [5.74, 6) is -2.65. The molecule has 8 nitrogen and oxygen atoms in total. The molecule has 92 valence electrons. The largest absolute Gasteiger partial charge is 0.480 e. The minimum Gasteiger partial charge on any atom is -0.480 e. The maximum atomic E-state index is 11.8. The normalized spacial score (nSPS) is 9.94. The van der Waals surface area contributed by atoms with Crippen LogP contribution in [-0.4, -0.2) is 50.7 Å². The van der Waals surface area contributed by atoms with Crippen LogP contribution in [0.25, 0.3) is 0 Å². The van der Waals surface area contributed by atoms with Crippen molar-refractivity contribution in [3.63, 3.8) is 0 Å². The van der Waals surface area contributed by atoms with Crippen molar-refractivity contribution in [1.29, 1.82) is 0 Å². The first-order chi connectivity index (χ1) is 7.90. The first-order valence-corrected chi connectivity index (χ1v) is 4.69. The van der Waals surface area contributed by atoms with Crippen molar-refractivity contribution in [2.75, 3.05) is 13.1 Å². The summed E-state index contributed by atoms with van der Waals surface area (Å²) < 4.78 is 1.40. The van der Waals surface area contributed by atoms with Crippen LogP contribution in [0.5, 0.6) is 0 Å². The highest BCUT2D eigenvalue weighted by molar-refractivity contribution is 5.96. The number of carboxylic acids is 1. The smallest absolute Gasteiger partial charge is 0.323 e. The SMILES string of the molecule is Cn1ccc(C(=O)N(CC(N)=O)CC(=O)O)n1. The third-order valence-corrected chi connectivity index (χ3v) is 1.89. The fourth-order valence-corrected chi connectivity index (χ4v) is 1.24. The molecule has 0 aliphatic heterocycles. The maximum absolute atomic E-state index is 11.8. The lowest BCUT2D eigenvalue weighted by Gasteiger charge is -2.17. The molecule has 0 saturated carbocycles. The van der Waals surface area contributed by atoms with E-state index in [1.807, 2.05) is 0 Å². The Hall–Kier alpha value is -2.38. The van der Waals surface area contributed by atoms with Crippen LogP contribution in [0.15, 0.2) is 12.3 Å². The molecule has 0 aliphatic carbocycles. The molecule has 3 N–H and O–H groups in total. The van der Waals surface area contributed by atoms with E-state index < -0.39 is 30.9 Å². The molecule has 17 heavy (non-hydrogen) atoms. The Morgan fingerprint density at radius 1 is 1.47 bits per heavy atom. The van der Waals surface area contributed by atoms with Gasteiger partial charge in [0.2, 0.25) is 5.91 Å². The van der Waals surface area contributed by atoms with Gasteiger partial charge in [-0.15, -0.1) is 0 Å². The Balaban J connectivity index is 2.85. The van der Waals surface area contributed by atoms with Gasteiger partial charge in [0.1, 0.15) is 18.8 Å². The molecule has 1 heterocycles. The lowest BCUT2D eigenvalue weighted by Crippen LogP contribution is -2.41. The summed E-state index contributed by atoms with van der Waals surface area (Å²) in [6, 6.07) is 1.43. The molecule has 0 bridgehead atoms. The molecule has 0 radical (unpaired) electrons. The van der Waals surface area contributed by atoms with Crippen LogP contribution in [0.3, 0.4) is 0 Å². The Labute approximate surface area is 96.6 Å². The van der Waals surface area contributed by atoms with Gasteiger partial charge >= 0.3 is 5.97 Å². The summed E-state index contributed by atoms with van der Waals surface area (Å²) in [7, 11) is 1.62. The van der Waals surface area contributed by atoms with Crippen LogP contribution in [-0.2, 0) is 16.6 Å². The average Bonchev–Trinajstić information content (AvgIpc) is 2.61. The fraction of sp³-hybridized carbons (Fsp3) is 0.333. The number of carboxylic acid groups (broad SMARTS) is 1. The van der Waals surface area contributed by atoms with Crippen molar-refractivity contribution >= 4 is 17.8 Å². The Kier molecular flexibility index (Phi) is 3.81. The highest BCUT2D eigenvalue weighted by Gasteiger charge is 2.21. The summed E-state index contributed by atoms with van der Waals surface area (Å²) in [6.07, 6.45) is 1.54. The highest BCUT2D eigenvalue weighted by Crippen LogP contribution is 2.01. The fourth-order valence-electron chi connectivity index (χ4n) is 1.24. The number of nitrogens with two attached hydrogens (primary N) is 1. The standard InChI is InChI=1S/C9H12N4O4/c1-12-3-2-6(11-12)9(17)13(4-7(10)14)5-8(15)16/h2-3H,4-5H2,1H3,(H2,10,14)(H,15,16). The van der Waals surface area contributed by atoms with Crippen molar-refractivity contribution in [2.45, 2.75) is 0 Å². The van der Waals surface area contributed by atoms with Crippen molar-refractivity contribution in [3.05, 3.63) is 18.0 Å². The Bertz CT molecular complexity index is 438. The number of hydrogen-bond donors (Lipinski definition) is 2. The summed E-state index contributed by atoms with van der Waals surface area (Å²) >= 11 is 0. The minimum absolute atomic E-state index is 0.0648. The molecule has 0 unspecified atom stereocenters. The first-order valence-electron chi connectivity index (χ1n) is 4.69. The number of carbonyl (C=O) groups excluding carboxylic acids is 2.